The summed E-state index contributed by atoms with van der Waals surface area (Å²) in [7, 11) is 0. The molecule has 8 heteroatoms. The SMILES string of the molecule is FC(F)(F)c1cc(Cn2cc(-c3ccccc3)nn2)n(-c2ccccc2)n1. The number of halogens is 3. The molecule has 0 N–H and O–H groups in total. The van der Waals surface area contributed by atoms with Crippen LogP contribution >= 0.6 is 0 Å². The van der Waals surface area contributed by atoms with Crippen molar-refractivity contribution in [2.75, 3.05) is 0 Å². The van der Waals surface area contributed by atoms with Crippen molar-refractivity contribution in [1.29, 1.82) is 0 Å². The molecule has 4 rings (SSSR count). The number of rotatable bonds is 4. The lowest BCUT2D eigenvalue weighted by Gasteiger charge is -2.07. The topological polar surface area (TPSA) is 48.5 Å². The lowest BCUT2D eigenvalue weighted by molar-refractivity contribution is -0.141. The van der Waals surface area contributed by atoms with Crippen LogP contribution in [0.2, 0.25) is 0 Å². The summed E-state index contributed by atoms with van der Waals surface area (Å²) in [6.07, 6.45) is -2.82. The van der Waals surface area contributed by atoms with Gasteiger partial charge in [0.05, 0.1) is 24.1 Å². The van der Waals surface area contributed by atoms with Crippen LogP contribution in [0, 0.1) is 0 Å². The molecule has 0 atom stereocenters. The number of hydrogen-bond acceptors (Lipinski definition) is 3. The van der Waals surface area contributed by atoms with Gasteiger partial charge in [-0.05, 0) is 18.2 Å². The van der Waals surface area contributed by atoms with E-state index < -0.39 is 11.9 Å². The summed E-state index contributed by atoms with van der Waals surface area (Å²) in [5.74, 6) is 0. The molecule has 0 radical (unpaired) electrons. The lowest BCUT2D eigenvalue weighted by atomic mass is 10.2. The normalized spacial score (nSPS) is 11.7. The van der Waals surface area contributed by atoms with Crippen molar-refractivity contribution in [1.82, 2.24) is 24.8 Å². The molecule has 0 aliphatic rings. The lowest BCUT2D eigenvalue weighted by Crippen LogP contribution is -2.09. The highest BCUT2D eigenvalue weighted by Gasteiger charge is 2.35. The van der Waals surface area contributed by atoms with Gasteiger partial charge in [-0.3, -0.25) is 0 Å². The van der Waals surface area contributed by atoms with Gasteiger partial charge in [-0.15, -0.1) is 5.10 Å². The third-order valence-corrected chi connectivity index (χ3v) is 4.01. The third-order valence-electron chi connectivity index (χ3n) is 4.01. The smallest absolute Gasteiger partial charge is 0.246 e. The maximum absolute atomic E-state index is 13.2. The zero-order chi connectivity index (χ0) is 18.9. The maximum Gasteiger partial charge on any atom is 0.435 e. The predicted molar refractivity (Wildman–Crippen MR) is 93.1 cm³/mol. The molecule has 0 amide bonds. The molecule has 136 valence electrons. The highest BCUT2D eigenvalue weighted by molar-refractivity contribution is 5.57. The van der Waals surface area contributed by atoms with Crippen LogP contribution in [0.3, 0.4) is 0 Å². The van der Waals surface area contributed by atoms with Crippen molar-refractivity contribution in [3.63, 3.8) is 0 Å². The van der Waals surface area contributed by atoms with Crippen LogP contribution in [0.5, 0.6) is 0 Å². The second-order valence-corrected chi connectivity index (χ2v) is 5.93. The van der Waals surface area contributed by atoms with Gasteiger partial charge in [-0.2, -0.15) is 18.3 Å². The van der Waals surface area contributed by atoms with Crippen molar-refractivity contribution >= 4 is 0 Å². The van der Waals surface area contributed by atoms with Crippen molar-refractivity contribution in [2.45, 2.75) is 12.7 Å². The van der Waals surface area contributed by atoms with Gasteiger partial charge in [-0.25, -0.2) is 9.36 Å². The molecule has 2 aromatic heterocycles. The van der Waals surface area contributed by atoms with Gasteiger partial charge >= 0.3 is 6.18 Å². The van der Waals surface area contributed by atoms with Crippen LogP contribution < -0.4 is 0 Å². The van der Waals surface area contributed by atoms with Crippen molar-refractivity contribution in [2.24, 2.45) is 0 Å². The molecule has 2 aromatic carbocycles. The van der Waals surface area contributed by atoms with E-state index >= 15 is 0 Å². The van der Waals surface area contributed by atoms with Crippen molar-refractivity contribution in [3.8, 4) is 16.9 Å². The molecule has 0 saturated heterocycles. The second-order valence-electron chi connectivity index (χ2n) is 5.93. The summed E-state index contributed by atoms with van der Waals surface area (Å²) in [5.41, 5.74) is 1.50. The number of benzene rings is 2. The Bertz CT molecular complexity index is 1040. The first-order valence-electron chi connectivity index (χ1n) is 8.18. The fraction of sp³-hybridized carbons (Fsp3) is 0.105. The monoisotopic (exact) mass is 369 g/mol. The maximum atomic E-state index is 13.2. The summed E-state index contributed by atoms with van der Waals surface area (Å²) in [4.78, 5) is 0. The van der Waals surface area contributed by atoms with E-state index in [1.807, 2.05) is 30.3 Å². The first-order valence-corrected chi connectivity index (χ1v) is 8.18. The standard InChI is InChI=1S/C19H14F3N5/c20-19(21,22)18-11-16(27(24-18)15-9-5-2-6-10-15)12-26-13-17(23-25-26)14-7-3-1-4-8-14/h1-11,13H,12H2. The number of para-hydroxylation sites is 1. The van der Waals surface area contributed by atoms with Gasteiger partial charge in [0.25, 0.3) is 0 Å². The van der Waals surface area contributed by atoms with Crippen molar-refractivity contribution < 1.29 is 13.2 Å². The van der Waals surface area contributed by atoms with E-state index in [-0.39, 0.29) is 6.54 Å². The molecule has 0 saturated carbocycles. The van der Waals surface area contributed by atoms with Crippen LogP contribution in [-0.4, -0.2) is 24.8 Å². The Morgan fingerprint density at radius 3 is 2.22 bits per heavy atom. The van der Waals surface area contributed by atoms with E-state index in [4.69, 9.17) is 0 Å². The fourth-order valence-electron chi connectivity index (χ4n) is 2.75. The summed E-state index contributed by atoms with van der Waals surface area (Å²) >= 11 is 0. The Morgan fingerprint density at radius 2 is 1.56 bits per heavy atom. The molecular weight excluding hydrogens is 355 g/mol. The van der Waals surface area contributed by atoms with E-state index in [2.05, 4.69) is 15.4 Å². The van der Waals surface area contributed by atoms with E-state index in [1.54, 1.807) is 36.5 Å². The molecule has 0 unspecified atom stereocenters. The minimum Gasteiger partial charge on any atom is -0.246 e. The highest BCUT2D eigenvalue weighted by Crippen LogP contribution is 2.30. The van der Waals surface area contributed by atoms with E-state index in [1.165, 1.54) is 9.36 Å². The quantitative estimate of drug-likeness (QED) is 0.542. The van der Waals surface area contributed by atoms with Crippen LogP contribution in [0.15, 0.2) is 72.9 Å². The summed E-state index contributed by atoms with van der Waals surface area (Å²) in [5, 5.41) is 11.9. The molecule has 2 heterocycles. The first-order chi connectivity index (χ1) is 13.0. The van der Waals surface area contributed by atoms with Gasteiger partial charge in [0.15, 0.2) is 5.69 Å². The summed E-state index contributed by atoms with van der Waals surface area (Å²) in [6, 6.07) is 19.2. The molecular formula is C19H14F3N5. The Labute approximate surface area is 152 Å². The van der Waals surface area contributed by atoms with Crippen LogP contribution in [0.4, 0.5) is 13.2 Å². The second kappa shape index (κ2) is 6.71. The summed E-state index contributed by atoms with van der Waals surface area (Å²) < 4.78 is 42.2. The van der Waals surface area contributed by atoms with E-state index in [0.717, 1.165) is 11.6 Å². The van der Waals surface area contributed by atoms with Gasteiger partial charge < -0.3 is 0 Å². The number of hydrogen-bond donors (Lipinski definition) is 0. The van der Waals surface area contributed by atoms with Gasteiger partial charge in [-0.1, -0.05) is 53.7 Å². The highest BCUT2D eigenvalue weighted by atomic mass is 19.4. The number of aromatic nitrogens is 5. The summed E-state index contributed by atoms with van der Waals surface area (Å²) in [6.45, 7) is 0.109. The van der Waals surface area contributed by atoms with Gasteiger partial charge in [0, 0.05) is 5.56 Å². The minimum atomic E-state index is -4.52. The molecule has 0 bridgehead atoms. The molecule has 0 aliphatic heterocycles. The Balaban J connectivity index is 1.69. The molecule has 27 heavy (non-hydrogen) atoms. The molecule has 4 aromatic rings. The number of nitrogens with zero attached hydrogens (tertiary/aromatic N) is 5. The Kier molecular flexibility index (Phi) is 4.23. The van der Waals surface area contributed by atoms with Crippen LogP contribution in [0.1, 0.15) is 11.4 Å². The predicted octanol–water partition coefficient (Wildman–Crippen LogP) is 4.20. The van der Waals surface area contributed by atoms with Gasteiger partial charge in [0.2, 0.25) is 0 Å². The molecule has 0 fully saturated rings. The molecule has 5 nitrogen and oxygen atoms in total. The van der Waals surface area contributed by atoms with Crippen molar-refractivity contribution in [3.05, 3.63) is 84.3 Å². The number of alkyl halides is 3. The fourth-order valence-corrected chi connectivity index (χ4v) is 2.75. The zero-order valence-electron chi connectivity index (χ0n) is 14.0. The van der Waals surface area contributed by atoms with Crippen LogP contribution in [0.25, 0.3) is 16.9 Å². The van der Waals surface area contributed by atoms with E-state index in [0.29, 0.717) is 17.1 Å². The Hall–Kier alpha value is -3.42. The average molecular weight is 369 g/mol. The molecule has 0 aliphatic carbocycles. The zero-order valence-corrected chi connectivity index (χ0v) is 14.0. The molecule has 0 spiro atoms. The average Bonchev–Trinajstić information content (AvgIpc) is 3.31. The minimum absolute atomic E-state index is 0.109. The van der Waals surface area contributed by atoms with Gasteiger partial charge in [0.1, 0.15) is 5.69 Å². The van der Waals surface area contributed by atoms with Crippen LogP contribution in [-0.2, 0) is 12.7 Å². The first kappa shape index (κ1) is 17.0. The third kappa shape index (κ3) is 3.59. The largest absolute Gasteiger partial charge is 0.435 e. The van der Waals surface area contributed by atoms with E-state index in [9.17, 15) is 13.2 Å². The Morgan fingerprint density at radius 1 is 0.889 bits per heavy atom.